The highest BCUT2D eigenvalue weighted by molar-refractivity contribution is 7.47. The van der Waals surface area contributed by atoms with Crippen molar-refractivity contribution in [2.24, 2.45) is 0 Å². The van der Waals surface area contributed by atoms with Crippen molar-refractivity contribution in [2.75, 3.05) is 40.9 Å². The van der Waals surface area contributed by atoms with Gasteiger partial charge in [0.15, 0.2) is 0 Å². The molecular formula is C84H154N2O6P+. The molecule has 0 aliphatic carbocycles. The fourth-order valence-electron chi connectivity index (χ4n) is 11.6. The van der Waals surface area contributed by atoms with Gasteiger partial charge < -0.3 is 19.8 Å². The molecule has 0 heterocycles. The van der Waals surface area contributed by atoms with E-state index in [0.717, 1.165) is 83.5 Å². The van der Waals surface area contributed by atoms with Crippen LogP contribution in [0.2, 0.25) is 0 Å². The number of hydrogen-bond donors (Lipinski definition) is 3. The maximum absolute atomic E-state index is 13.1. The lowest BCUT2D eigenvalue weighted by atomic mass is 10.0. The van der Waals surface area contributed by atoms with Crippen molar-refractivity contribution in [1.29, 1.82) is 0 Å². The Balaban J connectivity index is 4.01. The Bertz CT molecular complexity index is 1890. The third kappa shape index (κ3) is 76.4. The number of aliphatic hydroxyl groups excluding tert-OH is 1. The van der Waals surface area contributed by atoms with Crippen molar-refractivity contribution >= 4 is 13.7 Å². The topological polar surface area (TPSA) is 105 Å². The van der Waals surface area contributed by atoms with Gasteiger partial charge in [-0.2, -0.15) is 0 Å². The van der Waals surface area contributed by atoms with Gasteiger partial charge in [-0.15, -0.1) is 0 Å². The Morgan fingerprint density at radius 2 is 0.656 bits per heavy atom. The Labute approximate surface area is 578 Å². The van der Waals surface area contributed by atoms with E-state index in [4.69, 9.17) is 9.05 Å². The van der Waals surface area contributed by atoms with Crippen LogP contribution in [0.5, 0.6) is 0 Å². The molecule has 0 aromatic carbocycles. The minimum absolute atomic E-state index is 0.0518. The maximum atomic E-state index is 13.1. The van der Waals surface area contributed by atoms with Gasteiger partial charge in [-0.05, 0) is 96.3 Å². The van der Waals surface area contributed by atoms with Crippen molar-refractivity contribution in [3.05, 3.63) is 109 Å². The molecule has 0 aliphatic heterocycles. The third-order valence-electron chi connectivity index (χ3n) is 17.7. The molecule has 0 bridgehead atoms. The predicted octanol–water partition coefficient (Wildman–Crippen LogP) is 26.2. The summed E-state index contributed by atoms with van der Waals surface area (Å²) >= 11 is 0. The summed E-state index contributed by atoms with van der Waals surface area (Å²) in [5.74, 6) is -0.187. The SMILES string of the molecule is CC/C=C\C/C=C\C/C=C\C/C=C\C/C=C\C/C=C\CCCCCCCCCCCCCCCCCCCCCCCCC(=O)NC(COP(=O)(O)OCC[N+](C)(C)C)C(O)/C=C/CC/C=C/CC/C=C/CCCCCCCCCCCCCCCCCCCCCC. The van der Waals surface area contributed by atoms with E-state index in [1.807, 2.05) is 27.2 Å². The number of likely N-dealkylation sites (N-methyl/N-ethyl adjacent to an activating group) is 1. The second-order valence-corrected chi connectivity index (χ2v) is 29.5. The first-order valence-electron chi connectivity index (χ1n) is 39.8. The van der Waals surface area contributed by atoms with Gasteiger partial charge in [0, 0.05) is 6.42 Å². The van der Waals surface area contributed by atoms with Crippen LogP contribution < -0.4 is 5.32 Å². The molecule has 3 N–H and O–H groups in total. The highest BCUT2D eigenvalue weighted by Gasteiger charge is 2.28. The average molecular weight is 1320 g/mol. The number of phosphoric ester groups is 1. The van der Waals surface area contributed by atoms with Gasteiger partial charge in [0.2, 0.25) is 5.91 Å². The Morgan fingerprint density at radius 1 is 0.376 bits per heavy atom. The first-order valence-corrected chi connectivity index (χ1v) is 41.3. The number of aliphatic hydroxyl groups is 1. The third-order valence-corrected chi connectivity index (χ3v) is 18.7. The van der Waals surface area contributed by atoms with Gasteiger partial charge >= 0.3 is 7.82 Å². The van der Waals surface area contributed by atoms with Crippen molar-refractivity contribution in [3.8, 4) is 0 Å². The molecule has 1 amide bonds. The molecular weight excluding hydrogens is 1160 g/mol. The summed E-state index contributed by atoms with van der Waals surface area (Å²) in [5.41, 5.74) is 0. The highest BCUT2D eigenvalue weighted by atomic mass is 31.2. The molecule has 540 valence electrons. The lowest BCUT2D eigenvalue weighted by molar-refractivity contribution is -0.870. The van der Waals surface area contributed by atoms with Crippen LogP contribution in [0.3, 0.4) is 0 Å². The first kappa shape index (κ1) is 90.2. The smallest absolute Gasteiger partial charge is 0.387 e. The number of rotatable bonds is 73. The van der Waals surface area contributed by atoms with Gasteiger partial charge in [0.05, 0.1) is 39.9 Å². The normalized spacial score (nSPS) is 14.1. The number of hydrogen-bond acceptors (Lipinski definition) is 5. The number of unbranched alkanes of at least 4 members (excludes halogenated alkanes) is 44. The van der Waals surface area contributed by atoms with Gasteiger partial charge in [-0.1, -0.05) is 374 Å². The van der Waals surface area contributed by atoms with Crippen molar-refractivity contribution in [1.82, 2.24) is 5.32 Å². The second-order valence-electron chi connectivity index (χ2n) is 28.0. The van der Waals surface area contributed by atoms with E-state index >= 15 is 0 Å². The largest absolute Gasteiger partial charge is 0.472 e. The molecule has 0 saturated heterocycles. The summed E-state index contributed by atoms with van der Waals surface area (Å²) < 4.78 is 23.8. The highest BCUT2D eigenvalue weighted by Crippen LogP contribution is 2.43. The minimum Gasteiger partial charge on any atom is -0.387 e. The van der Waals surface area contributed by atoms with Crippen LogP contribution in [0.15, 0.2) is 109 Å². The van der Waals surface area contributed by atoms with E-state index in [1.165, 1.54) is 263 Å². The van der Waals surface area contributed by atoms with Crippen molar-refractivity contribution < 1.29 is 32.9 Å². The number of quaternary nitrogens is 1. The molecule has 3 atom stereocenters. The molecule has 0 saturated carbocycles. The lowest BCUT2D eigenvalue weighted by Gasteiger charge is -2.25. The minimum atomic E-state index is -4.37. The zero-order valence-electron chi connectivity index (χ0n) is 62.0. The number of allylic oxidation sites excluding steroid dienone is 17. The molecule has 93 heavy (non-hydrogen) atoms. The summed E-state index contributed by atoms with van der Waals surface area (Å²) in [6.45, 7) is 4.71. The zero-order chi connectivity index (χ0) is 67.6. The molecule has 0 radical (unpaired) electrons. The van der Waals surface area contributed by atoms with Gasteiger partial charge in [-0.3, -0.25) is 13.8 Å². The van der Waals surface area contributed by atoms with E-state index in [0.29, 0.717) is 17.4 Å². The summed E-state index contributed by atoms with van der Waals surface area (Å²) in [6.07, 6.45) is 109. The number of nitrogens with zero attached hydrogens (tertiary/aromatic N) is 1. The molecule has 9 heteroatoms. The predicted molar refractivity (Wildman–Crippen MR) is 410 cm³/mol. The summed E-state index contributed by atoms with van der Waals surface area (Å²) in [7, 11) is 1.55. The molecule has 0 rings (SSSR count). The van der Waals surface area contributed by atoms with Crippen molar-refractivity contribution in [3.63, 3.8) is 0 Å². The van der Waals surface area contributed by atoms with Crippen LogP contribution in [0.25, 0.3) is 0 Å². The number of carbonyl (C=O) groups excluding carboxylic acids is 1. The number of carbonyl (C=O) groups is 1. The van der Waals surface area contributed by atoms with Crippen molar-refractivity contribution in [2.45, 2.75) is 379 Å². The fourth-order valence-corrected chi connectivity index (χ4v) is 12.3. The number of phosphoric acid groups is 1. The van der Waals surface area contributed by atoms with E-state index < -0.39 is 20.0 Å². The fraction of sp³-hybridized carbons (Fsp3) is 0.774. The maximum Gasteiger partial charge on any atom is 0.472 e. The quantitative estimate of drug-likeness (QED) is 0.0243. The van der Waals surface area contributed by atoms with Crippen LogP contribution in [0, 0.1) is 0 Å². The summed E-state index contributed by atoms with van der Waals surface area (Å²) in [4.78, 5) is 23.5. The Morgan fingerprint density at radius 3 is 0.989 bits per heavy atom. The van der Waals surface area contributed by atoms with Crippen LogP contribution in [-0.2, 0) is 18.4 Å². The van der Waals surface area contributed by atoms with E-state index in [2.05, 4.69) is 116 Å². The zero-order valence-corrected chi connectivity index (χ0v) is 62.9. The van der Waals surface area contributed by atoms with E-state index in [-0.39, 0.29) is 19.1 Å². The standard InChI is InChI=1S/C84H153N2O6P/c1-6-8-10-12-14-16-18-20-22-24-26-28-30-32-34-36-38-39-40-41-42-43-44-45-46-47-48-50-52-54-56-58-60-62-64-66-68-70-72-74-76-78-84(88)85-82(81-92-93(89,90)91-80-79-86(3,4)5)83(87)77-75-73-71-69-67-65-63-61-59-57-55-53-51-49-37-35-33-31-29-27-25-23-21-19-17-15-13-11-9-7-2/h8,10,14,16,20,22,26,28,32,34,38-39,59,61,67,69,75,77,82-83,87H,6-7,9,11-13,15,17-19,21,23-25,27,29-31,33,35-37,40-58,60,62-66,68,70-74,76,78-81H2,1-5H3,(H-,85,88,89,90)/p+1/b10-8-,16-14-,22-20-,28-26-,34-32-,39-38-,61-59+,69-67+,77-75+. The van der Waals surface area contributed by atoms with Gasteiger partial charge in [0.1, 0.15) is 13.2 Å². The van der Waals surface area contributed by atoms with Crippen LogP contribution >= 0.6 is 7.82 Å². The van der Waals surface area contributed by atoms with E-state index in [1.54, 1.807) is 6.08 Å². The lowest BCUT2D eigenvalue weighted by Crippen LogP contribution is -2.45. The summed E-state index contributed by atoms with van der Waals surface area (Å²) in [5, 5.41) is 14.0. The molecule has 3 unspecified atom stereocenters. The Hall–Kier alpha value is -2.84. The molecule has 0 aromatic heterocycles. The first-order chi connectivity index (χ1) is 45.5. The second kappa shape index (κ2) is 73.4. The molecule has 0 spiro atoms. The van der Waals surface area contributed by atoms with Crippen LogP contribution in [0.4, 0.5) is 0 Å². The van der Waals surface area contributed by atoms with Gasteiger partial charge in [0.25, 0.3) is 0 Å². The average Bonchev–Trinajstić information content (AvgIpc) is 2.75. The van der Waals surface area contributed by atoms with Gasteiger partial charge in [-0.25, -0.2) is 4.57 Å². The molecule has 0 fully saturated rings. The monoisotopic (exact) mass is 1320 g/mol. The van der Waals surface area contributed by atoms with Crippen LogP contribution in [-0.4, -0.2) is 73.4 Å². The Kier molecular flexibility index (Phi) is 71.2. The number of nitrogens with one attached hydrogen (secondary N) is 1. The summed E-state index contributed by atoms with van der Waals surface area (Å²) in [6, 6.07) is -0.876. The molecule has 0 aromatic rings. The molecule has 0 aliphatic rings. The van der Waals surface area contributed by atoms with E-state index in [9.17, 15) is 19.4 Å². The number of amides is 1. The van der Waals surface area contributed by atoms with Crippen LogP contribution in [0.1, 0.15) is 367 Å². The molecule has 8 nitrogen and oxygen atoms in total.